The first-order valence-corrected chi connectivity index (χ1v) is 11.5. The first kappa shape index (κ1) is 22.2. The third-order valence-corrected chi connectivity index (χ3v) is 7.18. The highest BCUT2D eigenvalue weighted by Gasteiger charge is 2.46. The Balaban J connectivity index is 1.60. The summed E-state index contributed by atoms with van der Waals surface area (Å²) in [6, 6.07) is 6.21. The Morgan fingerprint density at radius 1 is 1.29 bits per heavy atom. The van der Waals surface area contributed by atoms with Gasteiger partial charge in [-0.1, -0.05) is 28.3 Å². The maximum absolute atomic E-state index is 11.0. The number of thiazole rings is 1. The minimum atomic E-state index is -1.25. The van der Waals surface area contributed by atoms with Crippen molar-refractivity contribution in [2.75, 3.05) is 6.61 Å². The van der Waals surface area contributed by atoms with E-state index >= 15 is 0 Å². The van der Waals surface area contributed by atoms with Gasteiger partial charge in [-0.2, -0.15) is 5.26 Å². The predicted octanol–water partition coefficient (Wildman–Crippen LogP) is 1.51. The summed E-state index contributed by atoms with van der Waals surface area (Å²) in [6.07, 6.45) is -1.90. The van der Waals surface area contributed by atoms with E-state index in [0.29, 0.717) is 21.4 Å². The third-order valence-electron chi connectivity index (χ3n) is 4.73. The van der Waals surface area contributed by atoms with E-state index in [1.807, 2.05) is 0 Å². The second-order valence-corrected chi connectivity index (χ2v) is 9.53. The van der Waals surface area contributed by atoms with Crippen molar-refractivity contribution in [2.45, 2.75) is 34.7 Å². The predicted molar refractivity (Wildman–Crippen MR) is 114 cm³/mol. The van der Waals surface area contributed by atoms with Crippen molar-refractivity contribution in [1.82, 2.24) is 20.0 Å². The number of rotatable bonds is 5. The minimum absolute atomic E-state index is 0.110. The maximum atomic E-state index is 11.0. The van der Waals surface area contributed by atoms with Gasteiger partial charge in [-0.05, 0) is 34.1 Å². The Hall–Kier alpha value is -2.05. The summed E-state index contributed by atoms with van der Waals surface area (Å²) in [5.41, 5.74) is 0.417. The number of ether oxygens (including phenoxy) is 1. The van der Waals surface area contributed by atoms with Gasteiger partial charge in [0.1, 0.15) is 47.2 Å². The molecule has 1 aliphatic rings. The zero-order valence-corrected chi connectivity index (χ0v) is 18.8. The lowest BCUT2D eigenvalue weighted by Crippen LogP contribution is -2.55. The fourth-order valence-corrected chi connectivity index (χ4v) is 5.45. The number of hydrogen-bond donors (Lipinski definition) is 4. The molecule has 1 aromatic carbocycles. The highest BCUT2D eigenvalue weighted by atomic mass is 79.9. The molecule has 0 aliphatic carbocycles. The highest BCUT2D eigenvalue weighted by molar-refractivity contribution is 9.10. The fourth-order valence-electron chi connectivity index (χ4n) is 3.19. The Labute approximate surface area is 192 Å². The highest BCUT2D eigenvalue weighted by Crippen LogP contribution is 2.39. The number of nitrogens with zero attached hydrogens (tertiary/aromatic N) is 5. The molecule has 0 unspecified atom stereocenters. The SMILES string of the molecule is N#Cc1ccc(S[C@H]2O[C@H](CO)[C@H](O)[C@H](n3cc(-c4csc(O)n4)nn3)[C@H]2O)cc1Br. The summed E-state index contributed by atoms with van der Waals surface area (Å²) in [5.74, 6) is 0. The largest absolute Gasteiger partial charge is 0.486 e. The van der Waals surface area contributed by atoms with Crippen LogP contribution < -0.4 is 0 Å². The van der Waals surface area contributed by atoms with Gasteiger partial charge in [-0.3, -0.25) is 0 Å². The average molecular weight is 526 g/mol. The van der Waals surface area contributed by atoms with Crippen LogP contribution in [0.3, 0.4) is 0 Å². The zero-order chi connectivity index (χ0) is 22.1. The number of aliphatic hydroxyl groups is 3. The molecule has 5 atom stereocenters. The van der Waals surface area contributed by atoms with E-state index in [0.717, 1.165) is 16.2 Å². The van der Waals surface area contributed by atoms with E-state index in [2.05, 4.69) is 37.3 Å². The lowest BCUT2D eigenvalue weighted by atomic mass is 9.97. The van der Waals surface area contributed by atoms with E-state index in [-0.39, 0.29) is 5.19 Å². The van der Waals surface area contributed by atoms with Crippen LogP contribution in [0.15, 0.2) is 39.1 Å². The number of thioether (sulfide) groups is 1. The van der Waals surface area contributed by atoms with Crippen molar-refractivity contribution in [3.8, 4) is 22.7 Å². The Kier molecular flexibility index (Phi) is 6.58. The first-order chi connectivity index (χ1) is 14.9. The lowest BCUT2D eigenvalue weighted by molar-refractivity contribution is -0.178. The molecule has 162 valence electrons. The first-order valence-electron chi connectivity index (χ1n) is 8.96. The van der Waals surface area contributed by atoms with E-state index in [9.17, 15) is 20.4 Å². The van der Waals surface area contributed by atoms with Gasteiger partial charge in [0.05, 0.1) is 18.4 Å². The molecule has 1 saturated heterocycles. The average Bonchev–Trinajstić information content (AvgIpc) is 3.39. The normalized spacial score (nSPS) is 26.0. The van der Waals surface area contributed by atoms with Crippen molar-refractivity contribution < 1.29 is 25.2 Å². The molecule has 10 nitrogen and oxygen atoms in total. The van der Waals surface area contributed by atoms with Crippen molar-refractivity contribution in [1.29, 1.82) is 5.26 Å². The van der Waals surface area contributed by atoms with Gasteiger partial charge in [0.25, 0.3) is 5.19 Å². The van der Waals surface area contributed by atoms with Crippen LogP contribution in [0, 0.1) is 11.3 Å². The van der Waals surface area contributed by atoms with Crippen LogP contribution in [-0.2, 0) is 4.74 Å². The molecule has 0 bridgehead atoms. The van der Waals surface area contributed by atoms with E-state index in [1.54, 1.807) is 23.6 Å². The Morgan fingerprint density at radius 2 is 2.10 bits per heavy atom. The molecule has 3 heterocycles. The molecule has 2 aromatic heterocycles. The van der Waals surface area contributed by atoms with Crippen molar-refractivity contribution >= 4 is 39.0 Å². The summed E-state index contributed by atoms with van der Waals surface area (Å²) >= 11 is 5.57. The molecule has 0 spiro atoms. The molecule has 1 aliphatic heterocycles. The summed E-state index contributed by atoms with van der Waals surface area (Å²) in [5, 5.41) is 59.4. The Bertz CT molecular complexity index is 1120. The number of aromatic hydroxyl groups is 1. The van der Waals surface area contributed by atoms with E-state index in [4.69, 9.17) is 10.00 Å². The summed E-state index contributed by atoms with van der Waals surface area (Å²) < 4.78 is 7.65. The van der Waals surface area contributed by atoms with Gasteiger partial charge in [0.15, 0.2) is 0 Å². The quantitative estimate of drug-likeness (QED) is 0.384. The van der Waals surface area contributed by atoms with E-state index in [1.165, 1.54) is 22.6 Å². The minimum Gasteiger partial charge on any atom is -0.486 e. The van der Waals surface area contributed by atoms with Crippen LogP contribution in [0.2, 0.25) is 0 Å². The Morgan fingerprint density at radius 3 is 2.74 bits per heavy atom. The summed E-state index contributed by atoms with van der Waals surface area (Å²) in [6.45, 7) is -0.458. The van der Waals surface area contributed by atoms with Crippen LogP contribution in [-0.4, -0.2) is 70.8 Å². The van der Waals surface area contributed by atoms with Gasteiger partial charge in [0, 0.05) is 14.7 Å². The second-order valence-electron chi connectivity index (χ2n) is 6.67. The second kappa shape index (κ2) is 9.21. The molecule has 0 saturated carbocycles. The molecule has 0 radical (unpaired) electrons. The van der Waals surface area contributed by atoms with Gasteiger partial charge >= 0.3 is 0 Å². The number of nitriles is 1. The van der Waals surface area contributed by atoms with Crippen LogP contribution in [0.1, 0.15) is 11.6 Å². The van der Waals surface area contributed by atoms with Crippen molar-refractivity contribution in [3.05, 3.63) is 39.8 Å². The van der Waals surface area contributed by atoms with Crippen LogP contribution in [0.25, 0.3) is 11.4 Å². The molecule has 0 amide bonds. The molecular weight excluding hydrogens is 510 g/mol. The smallest absolute Gasteiger partial charge is 0.271 e. The molecule has 1 fully saturated rings. The molecule has 4 rings (SSSR count). The lowest BCUT2D eigenvalue weighted by Gasteiger charge is -2.41. The van der Waals surface area contributed by atoms with Crippen LogP contribution in [0.4, 0.5) is 0 Å². The molecule has 13 heteroatoms. The molecular formula is C18H16BrN5O5S2. The standard InChI is InChI=1S/C18H16BrN5O5S2/c19-10-3-9(2-1-8(10)4-20)31-17-16(27)14(15(26)13(6-25)29-17)24-5-11(22-23-24)12-7-30-18(28)21-12/h1-3,5,7,13-17,25-27H,6H2,(H,21,28)/t13-,14+,15+,16-,17-/m1/s1. The monoisotopic (exact) mass is 525 g/mol. The number of benzene rings is 1. The molecule has 3 aromatic rings. The van der Waals surface area contributed by atoms with Crippen molar-refractivity contribution in [3.63, 3.8) is 0 Å². The molecule has 4 N–H and O–H groups in total. The third kappa shape index (κ3) is 4.46. The number of hydrogen-bond acceptors (Lipinski definition) is 11. The fraction of sp³-hybridized carbons (Fsp3) is 0.333. The number of aromatic nitrogens is 4. The van der Waals surface area contributed by atoms with Gasteiger partial charge < -0.3 is 25.2 Å². The topological polar surface area (TPSA) is 158 Å². The summed E-state index contributed by atoms with van der Waals surface area (Å²) in [7, 11) is 0. The zero-order valence-electron chi connectivity index (χ0n) is 15.6. The maximum Gasteiger partial charge on any atom is 0.271 e. The summed E-state index contributed by atoms with van der Waals surface area (Å²) in [4.78, 5) is 4.66. The number of halogens is 1. The number of aliphatic hydroxyl groups excluding tert-OH is 3. The van der Waals surface area contributed by atoms with Gasteiger partial charge in [-0.15, -0.1) is 5.10 Å². The van der Waals surface area contributed by atoms with Crippen LogP contribution in [0.5, 0.6) is 5.19 Å². The van der Waals surface area contributed by atoms with Gasteiger partial charge in [0.2, 0.25) is 0 Å². The van der Waals surface area contributed by atoms with E-state index < -0.39 is 36.4 Å². The van der Waals surface area contributed by atoms with Gasteiger partial charge in [-0.25, -0.2) is 9.67 Å². The van der Waals surface area contributed by atoms with Crippen molar-refractivity contribution in [2.24, 2.45) is 0 Å². The van der Waals surface area contributed by atoms with Crippen LogP contribution >= 0.6 is 39.0 Å². The molecule has 31 heavy (non-hydrogen) atoms.